The lowest BCUT2D eigenvalue weighted by atomic mass is 9.96. The van der Waals surface area contributed by atoms with Gasteiger partial charge in [0.1, 0.15) is 0 Å². The summed E-state index contributed by atoms with van der Waals surface area (Å²) in [6.45, 7) is 1.57. The Balaban J connectivity index is 2.35. The van der Waals surface area contributed by atoms with E-state index in [1.54, 1.807) is 6.07 Å². The highest BCUT2D eigenvalue weighted by molar-refractivity contribution is 6.30. The molecule has 1 N–H and O–H groups in total. The Bertz CT molecular complexity index is 383. The van der Waals surface area contributed by atoms with Crippen molar-refractivity contribution in [3.8, 4) is 0 Å². The smallest absolute Gasteiger partial charge is 0.316 e. The number of rotatable bonds is 1. The van der Waals surface area contributed by atoms with Crippen molar-refractivity contribution >= 4 is 11.6 Å². The van der Waals surface area contributed by atoms with Gasteiger partial charge in [0.25, 0.3) is 0 Å². The molecule has 1 nitrogen and oxygen atoms in total. The van der Waals surface area contributed by atoms with Crippen LogP contribution in [0.5, 0.6) is 0 Å². The zero-order valence-electron chi connectivity index (χ0n) is 8.44. The molecule has 1 aliphatic heterocycles. The van der Waals surface area contributed by atoms with Crippen LogP contribution in [0.3, 0.4) is 0 Å². The van der Waals surface area contributed by atoms with E-state index < -0.39 is 11.7 Å². The second kappa shape index (κ2) is 4.26. The summed E-state index contributed by atoms with van der Waals surface area (Å²) in [6, 6.07) is 3.78. The number of hydrogen-bond acceptors (Lipinski definition) is 1. The summed E-state index contributed by atoms with van der Waals surface area (Å²) in [5.74, 6) is 0.139. The summed E-state index contributed by atoms with van der Waals surface area (Å²) in [4.78, 5) is 0. The van der Waals surface area contributed by atoms with Gasteiger partial charge in [-0.15, -0.1) is 0 Å². The van der Waals surface area contributed by atoms with E-state index >= 15 is 0 Å². The third kappa shape index (κ3) is 2.50. The Morgan fingerprint density at radius 2 is 2.00 bits per heavy atom. The van der Waals surface area contributed by atoms with Gasteiger partial charge in [-0.3, -0.25) is 0 Å². The summed E-state index contributed by atoms with van der Waals surface area (Å²) in [5.41, 5.74) is 0.00623. The maximum Gasteiger partial charge on any atom is 0.416 e. The standard InChI is InChI=1S/C11H11ClF3N/c12-10-4-8(7-1-2-16-6-7)3-9(5-10)11(13,14)15/h3-5,7,16H,1-2,6H2. The molecule has 0 amide bonds. The molecular weight excluding hydrogens is 239 g/mol. The molecule has 1 saturated heterocycles. The van der Waals surface area contributed by atoms with Crippen LogP contribution in [0.25, 0.3) is 0 Å². The lowest BCUT2D eigenvalue weighted by molar-refractivity contribution is -0.137. The van der Waals surface area contributed by atoms with Gasteiger partial charge < -0.3 is 5.32 Å². The quantitative estimate of drug-likeness (QED) is 0.804. The lowest BCUT2D eigenvalue weighted by Crippen LogP contribution is -2.10. The first-order valence-corrected chi connectivity index (χ1v) is 5.43. The number of nitrogens with one attached hydrogen (secondary N) is 1. The van der Waals surface area contributed by atoms with Gasteiger partial charge in [0.15, 0.2) is 0 Å². The van der Waals surface area contributed by atoms with Crippen LogP contribution in [0.15, 0.2) is 18.2 Å². The first kappa shape index (κ1) is 11.7. The predicted octanol–water partition coefficient (Wildman–Crippen LogP) is 3.44. The minimum absolute atomic E-state index is 0.139. The van der Waals surface area contributed by atoms with Crippen LogP contribution in [0.2, 0.25) is 5.02 Å². The first-order valence-electron chi connectivity index (χ1n) is 5.05. The van der Waals surface area contributed by atoms with Gasteiger partial charge in [0.2, 0.25) is 0 Å². The van der Waals surface area contributed by atoms with E-state index in [2.05, 4.69) is 5.32 Å². The minimum Gasteiger partial charge on any atom is -0.316 e. The highest BCUT2D eigenvalue weighted by atomic mass is 35.5. The molecule has 0 saturated carbocycles. The zero-order valence-corrected chi connectivity index (χ0v) is 9.20. The average Bonchev–Trinajstić information content (AvgIpc) is 2.68. The van der Waals surface area contributed by atoms with E-state index in [0.717, 1.165) is 25.6 Å². The fourth-order valence-corrected chi connectivity index (χ4v) is 2.19. The average molecular weight is 250 g/mol. The maximum atomic E-state index is 12.6. The largest absolute Gasteiger partial charge is 0.416 e. The van der Waals surface area contributed by atoms with Gasteiger partial charge >= 0.3 is 6.18 Å². The van der Waals surface area contributed by atoms with Gasteiger partial charge in [-0.05, 0) is 42.6 Å². The molecule has 1 heterocycles. The molecule has 1 unspecified atom stereocenters. The molecule has 16 heavy (non-hydrogen) atoms. The molecule has 88 valence electrons. The molecular formula is C11H11ClF3N. The lowest BCUT2D eigenvalue weighted by Gasteiger charge is -2.13. The number of hydrogen-bond donors (Lipinski definition) is 1. The molecule has 0 bridgehead atoms. The Kier molecular flexibility index (Phi) is 3.13. The molecule has 1 fully saturated rings. The van der Waals surface area contributed by atoms with E-state index in [4.69, 9.17) is 11.6 Å². The van der Waals surface area contributed by atoms with E-state index in [0.29, 0.717) is 5.56 Å². The molecule has 0 spiro atoms. The summed E-state index contributed by atoms with van der Waals surface area (Å²) in [6.07, 6.45) is -3.47. The molecule has 0 radical (unpaired) electrons. The van der Waals surface area contributed by atoms with Gasteiger partial charge in [0, 0.05) is 11.6 Å². The minimum atomic E-state index is -4.33. The summed E-state index contributed by atoms with van der Waals surface area (Å²) >= 11 is 5.71. The fourth-order valence-electron chi connectivity index (χ4n) is 1.95. The first-order chi connectivity index (χ1) is 7.47. The van der Waals surface area contributed by atoms with Crippen LogP contribution < -0.4 is 5.32 Å². The van der Waals surface area contributed by atoms with Crippen molar-refractivity contribution in [1.82, 2.24) is 5.32 Å². The number of alkyl halides is 3. The van der Waals surface area contributed by atoms with Crippen molar-refractivity contribution in [2.24, 2.45) is 0 Å². The highest BCUT2D eigenvalue weighted by Gasteiger charge is 2.32. The molecule has 5 heteroatoms. The Morgan fingerprint density at radius 3 is 2.56 bits per heavy atom. The van der Waals surface area contributed by atoms with E-state index in [9.17, 15) is 13.2 Å². The van der Waals surface area contributed by atoms with Crippen LogP contribution in [0.1, 0.15) is 23.5 Å². The molecule has 0 aliphatic carbocycles. The van der Waals surface area contributed by atoms with Crippen LogP contribution in [-0.4, -0.2) is 13.1 Å². The van der Waals surface area contributed by atoms with Crippen LogP contribution in [0.4, 0.5) is 13.2 Å². The topological polar surface area (TPSA) is 12.0 Å². The van der Waals surface area contributed by atoms with Crippen molar-refractivity contribution in [3.05, 3.63) is 34.3 Å². The van der Waals surface area contributed by atoms with Crippen LogP contribution >= 0.6 is 11.6 Å². The van der Waals surface area contributed by atoms with E-state index in [1.807, 2.05) is 0 Å². The SMILES string of the molecule is FC(F)(F)c1cc(Cl)cc(C2CCNC2)c1. The monoisotopic (exact) mass is 249 g/mol. The van der Waals surface area contributed by atoms with Gasteiger partial charge in [-0.2, -0.15) is 13.2 Å². The van der Waals surface area contributed by atoms with Crippen molar-refractivity contribution in [2.75, 3.05) is 13.1 Å². The van der Waals surface area contributed by atoms with Crippen LogP contribution in [0, 0.1) is 0 Å². The molecule has 1 aromatic carbocycles. The van der Waals surface area contributed by atoms with Crippen molar-refractivity contribution in [1.29, 1.82) is 0 Å². The third-order valence-corrected chi connectivity index (χ3v) is 3.00. The third-order valence-electron chi connectivity index (χ3n) is 2.78. The van der Waals surface area contributed by atoms with Crippen molar-refractivity contribution in [2.45, 2.75) is 18.5 Å². The molecule has 2 rings (SSSR count). The second-order valence-corrected chi connectivity index (χ2v) is 4.40. The maximum absolute atomic E-state index is 12.6. The Labute approximate surface area is 96.6 Å². The summed E-state index contributed by atoms with van der Waals surface area (Å²) in [7, 11) is 0. The Morgan fingerprint density at radius 1 is 1.25 bits per heavy atom. The molecule has 1 aliphatic rings. The predicted molar refractivity (Wildman–Crippen MR) is 56.7 cm³/mol. The fraction of sp³-hybridized carbons (Fsp3) is 0.455. The molecule has 1 atom stereocenters. The molecule has 1 aromatic rings. The second-order valence-electron chi connectivity index (χ2n) is 3.96. The van der Waals surface area contributed by atoms with Gasteiger partial charge in [-0.1, -0.05) is 11.6 Å². The number of halogens is 4. The van der Waals surface area contributed by atoms with E-state index in [-0.39, 0.29) is 10.9 Å². The normalized spacial score (nSPS) is 21.4. The number of benzene rings is 1. The molecule has 0 aromatic heterocycles. The Hall–Kier alpha value is -0.740. The van der Waals surface area contributed by atoms with Gasteiger partial charge in [0.05, 0.1) is 5.56 Å². The highest BCUT2D eigenvalue weighted by Crippen LogP contribution is 2.34. The van der Waals surface area contributed by atoms with Crippen molar-refractivity contribution < 1.29 is 13.2 Å². The summed E-state index contributed by atoms with van der Waals surface area (Å²) in [5, 5.41) is 3.27. The summed E-state index contributed by atoms with van der Waals surface area (Å²) < 4.78 is 37.7. The van der Waals surface area contributed by atoms with Crippen molar-refractivity contribution in [3.63, 3.8) is 0 Å². The van der Waals surface area contributed by atoms with E-state index in [1.165, 1.54) is 6.07 Å². The zero-order chi connectivity index (χ0) is 11.8. The van der Waals surface area contributed by atoms with Crippen LogP contribution in [-0.2, 0) is 6.18 Å². The van der Waals surface area contributed by atoms with Gasteiger partial charge in [-0.25, -0.2) is 0 Å².